The number of rotatable bonds is 6. The quantitative estimate of drug-likeness (QED) is 0.740. The van der Waals surface area contributed by atoms with Crippen molar-refractivity contribution in [1.29, 1.82) is 0 Å². The van der Waals surface area contributed by atoms with E-state index in [9.17, 15) is 4.79 Å². The van der Waals surface area contributed by atoms with Crippen molar-refractivity contribution >= 4 is 5.91 Å². The number of ether oxygens (including phenoxy) is 1. The van der Waals surface area contributed by atoms with Crippen LogP contribution >= 0.6 is 0 Å². The zero-order valence-electron chi connectivity index (χ0n) is 15.3. The van der Waals surface area contributed by atoms with E-state index in [0.717, 1.165) is 28.1 Å². The number of aryl methyl sites for hydroxylation is 1. The normalized spacial score (nSPS) is 11.8. The summed E-state index contributed by atoms with van der Waals surface area (Å²) in [5.41, 5.74) is 3.94. The van der Waals surface area contributed by atoms with Gasteiger partial charge < -0.3 is 10.1 Å². The lowest BCUT2D eigenvalue weighted by Crippen LogP contribution is -2.28. The van der Waals surface area contributed by atoms with Crippen molar-refractivity contribution in [2.75, 3.05) is 7.11 Å². The summed E-state index contributed by atoms with van der Waals surface area (Å²) in [6.45, 7) is 3.98. The number of amides is 1. The van der Waals surface area contributed by atoms with Gasteiger partial charge in [-0.25, -0.2) is 4.68 Å². The molecule has 0 spiro atoms. The molecule has 1 atom stereocenters. The fourth-order valence-electron chi connectivity index (χ4n) is 2.92. The Kier molecular flexibility index (Phi) is 5.37. The van der Waals surface area contributed by atoms with Crippen LogP contribution in [0.1, 0.15) is 29.7 Å². The Bertz CT molecular complexity index is 887. The average Bonchev–Trinajstić information content (AvgIpc) is 3.10. The lowest BCUT2D eigenvalue weighted by molar-refractivity contribution is -0.121. The van der Waals surface area contributed by atoms with E-state index in [1.165, 1.54) is 0 Å². The molecule has 3 aromatic rings. The Balaban J connectivity index is 1.66. The van der Waals surface area contributed by atoms with E-state index >= 15 is 0 Å². The van der Waals surface area contributed by atoms with E-state index in [2.05, 4.69) is 10.4 Å². The van der Waals surface area contributed by atoms with Crippen LogP contribution in [0.5, 0.6) is 5.75 Å². The fraction of sp³-hybridized carbons (Fsp3) is 0.238. The van der Waals surface area contributed by atoms with Crippen molar-refractivity contribution in [3.8, 4) is 11.4 Å². The van der Waals surface area contributed by atoms with Crippen molar-refractivity contribution in [2.45, 2.75) is 26.3 Å². The second-order valence-corrected chi connectivity index (χ2v) is 6.34. The Morgan fingerprint density at radius 1 is 1.23 bits per heavy atom. The van der Waals surface area contributed by atoms with Gasteiger partial charge in [-0.05, 0) is 37.6 Å². The number of hydrogen-bond donors (Lipinski definition) is 1. The van der Waals surface area contributed by atoms with Crippen LogP contribution in [-0.2, 0) is 11.2 Å². The molecule has 1 aromatic heterocycles. The molecule has 134 valence electrons. The smallest absolute Gasteiger partial charge is 0.225 e. The third kappa shape index (κ3) is 4.11. The van der Waals surface area contributed by atoms with Crippen LogP contribution in [0.15, 0.2) is 60.9 Å². The molecule has 1 N–H and O–H groups in total. The minimum atomic E-state index is -0.137. The molecule has 1 amide bonds. The summed E-state index contributed by atoms with van der Waals surface area (Å²) in [5, 5.41) is 7.37. The number of nitrogens with one attached hydrogen (secondary N) is 1. The van der Waals surface area contributed by atoms with Gasteiger partial charge in [0.15, 0.2) is 0 Å². The van der Waals surface area contributed by atoms with Crippen LogP contribution in [0.25, 0.3) is 5.69 Å². The van der Waals surface area contributed by atoms with Crippen molar-refractivity contribution in [1.82, 2.24) is 15.1 Å². The molecule has 0 aliphatic rings. The molecular weight excluding hydrogens is 326 g/mol. The molecule has 0 fully saturated rings. The first-order chi connectivity index (χ1) is 12.6. The molecule has 5 nitrogen and oxygen atoms in total. The molecule has 0 bridgehead atoms. The van der Waals surface area contributed by atoms with E-state index < -0.39 is 0 Å². The van der Waals surface area contributed by atoms with Crippen molar-refractivity contribution < 1.29 is 9.53 Å². The number of carbonyl (C=O) groups excluding carboxylic acids is 1. The molecule has 0 saturated heterocycles. The fourth-order valence-corrected chi connectivity index (χ4v) is 2.92. The number of para-hydroxylation sites is 1. The third-order valence-corrected chi connectivity index (χ3v) is 4.25. The van der Waals surface area contributed by atoms with Gasteiger partial charge in [0.2, 0.25) is 5.91 Å². The van der Waals surface area contributed by atoms with Gasteiger partial charge in [0, 0.05) is 11.8 Å². The van der Waals surface area contributed by atoms with Gasteiger partial charge in [0.25, 0.3) is 0 Å². The Hall–Kier alpha value is -3.08. The van der Waals surface area contributed by atoms with E-state index in [1.54, 1.807) is 18.0 Å². The summed E-state index contributed by atoms with van der Waals surface area (Å²) >= 11 is 0. The van der Waals surface area contributed by atoms with Crippen molar-refractivity contribution in [2.24, 2.45) is 0 Å². The summed E-state index contributed by atoms with van der Waals surface area (Å²) in [7, 11) is 1.64. The number of hydrogen-bond acceptors (Lipinski definition) is 3. The first-order valence-electron chi connectivity index (χ1n) is 8.59. The first-order valence-corrected chi connectivity index (χ1v) is 8.59. The maximum absolute atomic E-state index is 12.4. The maximum atomic E-state index is 12.4. The highest BCUT2D eigenvalue weighted by Gasteiger charge is 2.15. The highest BCUT2D eigenvalue weighted by molar-refractivity contribution is 5.79. The predicted octanol–water partition coefficient (Wildman–Crippen LogP) is 3.61. The molecule has 1 unspecified atom stereocenters. The Labute approximate surface area is 153 Å². The van der Waals surface area contributed by atoms with Crippen molar-refractivity contribution in [3.63, 3.8) is 0 Å². The van der Waals surface area contributed by atoms with Gasteiger partial charge in [-0.15, -0.1) is 0 Å². The van der Waals surface area contributed by atoms with Crippen LogP contribution in [0, 0.1) is 6.92 Å². The second-order valence-electron chi connectivity index (χ2n) is 6.34. The third-order valence-electron chi connectivity index (χ3n) is 4.25. The molecule has 5 heteroatoms. The van der Waals surface area contributed by atoms with Crippen molar-refractivity contribution in [3.05, 3.63) is 77.6 Å². The molecule has 3 rings (SSSR count). The van der Waals surface area contributed by atoms with E-state index in [0.29, 0.717) is 0 Å². The predicted molar refractivity (Wildman–Crippen MR) is 102 cm³/mol. The van der Waals surface area contributed by atoms with Gasteiger partial charge in [-0.2, -0.15) is 5.10 Å². The monoisotopic (exact) mass is 349 g/mol. The Morgan fingerprint density at radius 2 is 2.00 bits per heavy atom. The standard InChI is InChI=1S/C21H23N3O2/c1-15-9-10-20(26-3)19(11-15)16(2)23-21(25)12-17-13-22-24(14-17)18-7-5-4-6-8-18/h4-11,13-14,16H,12H2,1-3H3,(H,23,25). The summed E-state index contributed by atoms with van der Waals surface area (Å²) < 4.78 is 7.18. The summed E-state index contributed by atoms with van der Waals surface area (Å²) in [6.07, 6.45) is 3.89. The summed E-state index contributed by atoms with van der Waals surface area (Å²) in [4.78, 5) is 12.4. The minimum absolute atomic E-state index is 0.0475. The zero-order valence-corrected chi connectivity index (χ0v) is 15.3. The molecule has 2 aromatic carbocycles. The van der Waals surface area contributed by atoms with E-state index in [1.807, 2.05) is 68.6 Å². The van der Waals surface area contributed by atoms with Gasteiger partial charge >= 0.3 is 0 Å². The minimum Gasteiger partial charge on any atom is -0.496 e. The number of nitrogens with zero attached hydrogens (tertiary/aromatic N) is 2. The van der Waals surface area contributed by atoms with Gasteiger partial charge in [0.1, 0.15) is 5.75 Å². The van der Waals surface area contributed by atoms with E-state index in [4.69, 9.17) is 4.74 Å². The van der Waals surface area contributed by atoms with Gasteiger partial charge in [-0.3, -0.25) is 4.79 Å². The maximum Gasteiger partial charge on any atom is 0.225 e. The molecule has 1 heterocycles. The van der Waals surface area contributed by atoms with Crippen LogP contribution in [0.3, 0.4) is 0 Å². The molecule has 26 heavy (non-hydrogen) atoms. The van der Waals surface area contributed by atoms with Gasteiger partial charge in [0.05, 0.1) is 31.5 Å². The molecule has 0 saturated carbocycles. The van der Waals surface area contributed by atoms with Crippen LogP contribution in [0.4, 0.5) is 0 Å². The molecule has 0 aliphatic heterocycles. The number of benzene rings is 2. The van der Waals surface area contributed by atoms with E-state index in [-0.39, 0.29) is 18.4 Å². The van der Waals surface area contributed by atoms with Crippen LogP contribution in [-0.4, -0.2) is 22.8 Å². The topological polar surface area (TPSA) is 56.1 Å². The molecule has 0 radical (unpaired) electrons. The highest BCUT2D eigenvalue weighted by atomic mass is 16.5. The first kappa shape index (κ1) is 17.7. The number of methoxy groups -OCH3 is 1. The SMILES string of the molecule is COc1ccc(C)cc1C(C)NC(=O)Cc1cnn(-c2ccccc2)c1. The second kappa shape index (κ2) is 7.87. The lowest BCUT2D eigenvalue weighted by atomic mass is 10.0. The average molecular weight is 349 g/mol. The summed E-state index contributed by atoms with van der Waals surface area (Å²) in [6, 6.07) is 15.7. The largest absolute Gasteiger partial charge is 0.496 e. The molecule has 0 aliphatic carbocycles. The Morgan fingerprint density at radius 3 is 2.73 bits per heavy atom. The number of aromatic nitrogens is 2. The van der Waals surface area contributed by atoms with Crippen LogP contribution in [0.2, 0.25) is 0 Å². The van der Waals surface area contributed by atoms with Gasteiger partial charge in [-0.1, -0.05) is 35.9 Å². The lowest BCUT2D eigenvalue weighted by Gasteiger charge is -2.18. The highest BCUT2D eigenvalue weighted by Crippen LogP contribution is 2.26. The summed E-state index contributed by atoms with van der Waals surface area (Å²) in [5.74, 6) is 0.731. The number of carbonyl (C=O) groups is 1. The zero-order chi connectivity index (χ0) is 18.5. The van der Waals surface area contributed by atoms with Crippen LogP contribution < -0.4 is 10.1 Å². The molecular formula is C21H23N3O2.